The van der Waals surface area contributed by atoms with Crippen molar-refractivity contribution >= 4 is 11.3 Å². The van der Waals surface area contributed by atoms with Crippen LogP contribution in [0.15, 0.2) is 109 Å². The number of likely N-dealkylation sites (N-methyl/N-ethyl adjacent to an activating group) is 1. The summed E-state index contributed by atoms with van der Waals surface area (Å²) in [6.07, 6.45) is 12.7. The highest BCUT2D eigenvalue weighted by Crippen LogP contribution is 2.28. The number of hydrogen-bond acceptors (Lipinski definition) is 2. The zero-order chi connectivity index (χ0) is 30.2. The van der Waals surface area contributed by atoms with Gasteiger partial charge in [0.15, 0.2) is 0 Å². The van der Waals surface area contributed by atoms with Crippen molar-refractivity contribution in [2.24, 2.45) is 5.73 Å². The van der Waals surface area contributed by atoms with Crippen molar-refractivity contribution in [3.8, 4) is 0 Å². The van der Waals surface area contributed by atoms with Gasteiger partial charge in [0, 0.05) is 30.5 Å². The third-order valence-corrected chi connectivity index (χ3v) is 7.68. The molecule has 0 saturated heterocycles. The van der Waals surface area contributed by atoms with Crippen LogP contribution in [0, 0.1) is 13.8 Å². The lowest BCUT2D eigenvalue weighted by atomic mass is 9.91. The highest BCUT2D eigenvalue weighted by atomic mass is 15.1. The molecule has 2 heteroatoms. The highest BCUT2D eigenvalue weighted by molar-refractivity contribution is 5.78. The van der Waals surface area contributed by atoms with Crippen LogP contribution in [0.3, 0.4) is 0 Å². The number of nitrogens with two attached hydrogens (primary N) is 1. The van der Waals surface area contributed by atoms with Gasteiger partial charge in [-0.25, -0.2) is 0 Å². The molecular formula is C39H52N2. The summed E-state index contributed by atoms with van der Waals surface area (Å²) in [5.41, 5.74) is 17.7. The fourth-order valence-electron chi connectivity index (χ4n) is 5.18. The van der Waals surface area contributed by atoms with Gasteiger partial charge >= 0.3 is 0 Å². The molecule has 218 valence electrons. The van der Waals surface area contributed by atoms with Crippen LogP contribution in [0.4, 0.5) is 0 Å². The molecule has 1 atom stereocenters. The molecule has 3 aromatic carbocycles. The SMILES string of the molecule is CC.CCC(C)c1ccccc1C/C=C(C)\C(=C/N)c1ccccc1.CCN1CC=CC=C1c1c(C)cccc1C. The van der Waals surface area contributed by atoms with E-state index in [0.717, 1.165) is 31.5 Å². The Balaban J connectivity index is 0.000000285. The van der Waals surface area contributed by atoms with Gasteiger partial charge in [-0.3, -0.25) is 0 Å². The molecule has 0 saturated carbocycles. The number of hydrogen-bond donors (Lipinski definition) is 1. The molecule has 2 nitrogen and oxygen atoms in total. The maximum atomic E-state index is 5.87. The Morgan fingerprint density at radius 1 is 0.902 bits per heavy atom. The van der Waals surface area contributed by atoms with Crippen LogP contribution >= 0.6 is 0 Å². The fraction of sp³-hybridized carbons (Fsp3) is 0.333. The monoisotopic (exact) mass is 548 g/mol. The highest BCUT2D eigenvalue weighted by Gasteiger charge is 2.14. The molecule has 1 unspecified atom stereocenters. The van der Waals surface area contributed by atoms with Crippen LogP contribution in [-0.2, 0) is 6.42 Å². The third-order valence-electron chi connectivity index (χ3n) is 7.68. The number of aryl methyl sites for hydroxylation is 2. The summed E-state index contributed by atoms with van der Waals surface area (Å²) in [5, 5.41) is 0. The van der Waals surface area contributed by atoms with Crippen molar-refractivity contribution in [2.75, 3.05) is 13.1 Å². The Kier molecular flexibility index (Phi) is 14.5. The summed E-state index contributed by atoms with van der Waals surface area (Å²) in [6.45, 7) is 19.3. The summed E-state index contributed by atoms with van der Waals surface area (Å²) in [5.74, 6) is 0.596. The molecular weight excluding hydrogens is 496 g/mol. The van der Waals surface area contributed by atoms with Gasteiger partial charge in [0.2, 0.25) is 0 Å². The van der Waals surface area contributed by atoms with Gasteiger partial charge in [-0.2, -0.15) is 0 Å². The van der Waals surface area contributed by atoms with Crippen molar-refractivity contribution in [1.82, 2.24) is 4.90 Å². The summed E-state index contributed by atoms with van der Waals surface area (Å²) in [7, 11) is 0. The van der Waals surface area contributed by atoms with Gasteiger partial charge in [-0.1, -0.05) is 119 Å². The molecule has 1 aliphatic heterocycles. The largest absolute Gasteiger partial charge is 0.404 e. The fourth-order valence-corrected chi connectivity index (χ4v) is 5.18. The Hall–Kier alpha value is -3.78. The molecule has 0 spiro atoms. The van der Waals surface area contributed by atoms with Gasteiger partial charge < -0.3 is 10.6 Å². The molecule has 4 rings (SSSR count). The smallest absolute Gasteiger partial charge is 0.0447 e. The van der Waals surface area contributed by atoms with Gasteiger partial charge in [0.25, 0.3) is 0 Å². The predicted molar refractivity (Wildman–Crippen MR) is 183 cm³/mol. The van der Waals surface area contributed by atoms with E-state index in [0.29, 0.717) is 5.92 Å². The molecule has 0 fully saturated rings. The second-order valence-corrected chi connectivity index (χ2v) is 10.3. The predicted octanol–water partition coefficient (Wildman–Crippen LogP) is 10.3. The number of allylic oxidation sites excluding steroid dienone is 5. The van der Waals surface area contributed by atoms with E-state index >= 15 is 0 Å². The van der Waals surface area contributed by atoms with E-state index in [1.807, 2.05) is 32.0 Å². The Morgan fingerprint density at radius 2 is 1.54 bits per heavy atom. The van der Waals surface area contributed by atoms with Crippen LogP contribution in [0.25, 0.3) is 11.3 Å². The van der Waals surface area contributed by atoms with Crippen LogP contribution in [-0.4, -0.2) is 18.0 Å². The minimum Gasteiger partial charge on any atom is -0.404 e. The molecule has 0 aliphatic carbocycles. The van der Waals surface area contributed by atoms with E-state index in [-0.39, 0.29) is 0 Å². The van der Waals surface area contributed by atoms with Gasteiger partial charge in [0.1, 0.15) is 0 Å². The molecule has 0 aromatic heterocycles. The van der Waals surface area contributed by atoms with Crippen molar-refractivity contribution in [3.05, 3.63) is 142 Å². The van der Waals surface area contributed by atoms with E-state index in [1.165, 1.54) is 44.7 Å². The molecule has 1 heterocycles. The Morgan fingerprint density at radius 3 is 2.15 bits per heavy atom. The first-order chi connectivity index (χ1) is 19.9. The Labute approximate surface area is 251 Å². The normalized spacial score (nSPS) is 13.9. The molecule has 2 N–H and O–H groups in total. The number of nitrogens with zero attached hydrogens (tertiary/aromatic N) is 1. The summed E-state index contributed by atoms with van der Waals surface area (Å²) in [6, 6.07) is 25.6. The molecule has 1 aliphatic rings. The maximum Gasteiger partial charge on any atom is 0.0447 e. The molecule has 41 heavy (non-hydrogen) atoms. The van der Waals surface area contributed by atoms with E-state index in [2.05, 4.69) is 125 Å². The lowest BCUT2D eigenvalue weighted by Gasteiger charge is -2.29. The molecule has 0 radical (unpaired) electrons. The van der Waals surface area contributed by atoms with Crippen LogP contribution < -0.4 is 5.73 Å². The van der Waals surface area contributed by atoms with Gasteiger partial charge in [-0.15, -0.1) is 0 Å². The zero-order valence-corrected chi connectivity index (χ0v) is 26.7. The zero-order valence-electron chi connectivity index (χ0n) is 26.7. The van der Waals surface area contributed by atoms with Crippen molar-refractivity contribution < 1.29 is 0 Å². The van der Waals surface area contributed by atoms with Crippen molar-refractivity contribution in [3.63, 3.8) is 0 Å². The third kappa shape index (κ3) is 9.39. The molecule has 3 aromatic rings. The molecule has 0 amide bonds. The molecule has 0 bridgehead atoms. The summed E-state index contributed by atoms with van der Waals surface area (Å²) >= 11 is 0. The van der Waals surface area contributed by atoms with E-state index in [9.17, 15) is 0 Å². The summed E-state index contributed by atoms with van der Waals surface area (Å²) in [4.78, 5) is 2.41. The number of rotatable bonds is 8. The average Bonchev–Trinajstić information content (AvgIpc) is 3.02. The van der Waals surface area contributed by atoms with Gasteiger partial charge in [0.05, 0.1) is 0 Å². The van der Waals surface area contributed by atoms with Crippen molar-refractivity contribution in [2.45, 2.75) is 74.1 Å². The topological polar surface area (TPSA) is 29.3 Å². The first kappa shape index (κ1) is 33.4. The standard InChI is InChI=1S/C22H27N.C15H19N.C2H6/c1-4-17(2)21-13-9-8-12-20(21)15-14-18(3)22(16-23)19-10-6-5-7-11-19;1-4-16-11-6-5-10-14(16)15-12(2)8-7-9-13(15)3;1-2/h5-14,16-17H,4,15,23H2,1-3H3;5-10H,4,11H2,1-3H3;1-2H3/b18-14-,22-16+;;. The quantitative estimate of drug-likeness (QED) is 0.284. The van der Waals surface area contributed by atoms with E-state index in [4.69, 9.17) is 5.73 Å². The summed E-state index contributed by atoms with van der Waals surface area (Å²) < 4.78 is 0. The number of benzene rings is 3. The lowest BCUT2D eigenvalue weighted by Crippen LogP contribution is -2.24. The van der Waals surface area contributed by atoms with E-state index in [1.54, 1.807) is 6.20 Å². The average molecular weight is 549 g/mol. The first-order valence-corrected chi connectivity index (χ1v) is 15.3. The van der Waals surface area contributed by atoms with Crippen LogP contribution in [0.1, 0.15) is 87.3 Å². The van der Waals surface area contributed by atoms with E-state index < -0.39 is 0 Å². The lowest BCUT2D eigenvalue weighted by molar-refractivity contribution is 0.459. The van der Waals surface area contributed by atoms with Crippen LogP contribution in [0.5, 0.6) is 0 Å². The Bertz CT molecular complexity index is 1300. The maximum absolute atomic E-state index is 5.87. The first-order valence-electron chi connectivity index (χ1n) is 15.3. The van der Waals surface area contributed by atoms with Crippen molar-refractivity contribution in [1.29, 1.82) is 0 Å². The van der Waals surface area contributed by atoms with Crippen LogP contribution in [0.2, 0.25) is 0 Å². The van der Waals surface area contributed by atoms with Gasteiger partial charge in [-0.05, 0) is 91.5 Å². The second-order valence-electron chi connectivity index (χ2n) is 10.3. The second kappa shape index (κ2) is 17.8. The minimum atomic E-state index is 0.596. The minimum absolute atomic E-state index is 0.596.